The molecule has 0 saturated carbocycles. The molecule has 0 spiro atoms. The number of rotatable bonds is 8. The molecule has 4 nitrogen and oxygen atoms in total. The van der Waals surface area contributed by atoms with Crippen LogP contribution in [0.2, 0.25) is 0 Å². The molecule has 0 fully saturated rings. The molecule has 1 unspecified atom stereocenters. The topological polar surface area (TPSA) is 72.5 Å². The van der Waals surface area contributed by atoms with Crippen molar-refractivity contribution in [2.75, 3.05) is 20.3 Å². The Morgan fingerprint density at radius 2 is 1.90 bits per heavy atom. The average molecular weight is 287 g/mol. The first kappa shape index (κ1) is 16.5. The highest BCUT2D eigenvalue weighted by Crippen LogP contribution is 2.31. The number of aliphatic carboxylic acids is 1. The van der Waals surface area contributed by atoms with Gasteiger partial charge < -0.3 is 15.6 Å². The molecule has 20 heavy (non-hydrogen) atoms. The monoisotopic (exact) mass is 287 g/mol. The van der Waals surface area contributed by atoms with Crippen LogP contribution in [-0.2, 0) is 14.9 Å². The molecule has 1 aromatic rings. The summed E-state index contributed by atoms with van der Waals surface area (Å²) in [7, 11) is 1.55. The number of carbonyl (C=O) groups is 1. The molecule has 0 aromatic heterocycles. The second-order valence-corrected chi connectivity index (χ2v) is 4.70. The summed E-state index contributed by atoms with van der Waals surface area (Å²) in [6.07, 6.45) is 1.39. The van der Waals surface area contributed by atoms with Crippen LogP contribution < -0.4 is 5.73 Å². The fraction of sp³-hybridized carbons (Fsp3) is 0.500. The van der Waals surface area contributed by atoms with Crippen LogP contribution in [0.15, 0.2) is 18.2 Å². The van der Waals surface area contributed by atoms with E-state index >= 15 is 0 Å². The lowest BCUT2D eigenvalue weighted by Crippen LogP contribution is -2.43. The van der Waals surface area contributed by atoms with Gasteiger partial charge in [0, 0.05) is 26.3 Å². The summed E-state index contributed by atoms with van der Waals surface area (Å²) in [5.41, 5.74) is 4.18. The second kappa shape index (κ2) is 7.31. The van der Waals surface area contributed by atoms with Gasteiger partial charge >= 0.3 is 5.97 Å². The predicted molar refractivity (Wildman–Crippen MR) is 70.5 cm³/mol. The molecule has 0 radical (unpaired) electrons. The zero-order valence-electron chi connectivity index (χ0n) is 11.4. The van der Waals surface area contributed by atoms with E-state index < -0.39 is 23.0 Å². The van der Waals surface area contributed by atoms with Gasteiger partial charge in [-0.1, -0.05) is 0 Å². The summed E-state index contributed by atoms with van der Waals surface area (Å²) in [5.74, 6) is -2.80. The van der Waals surface area contributed by atoms with E-state index in [0.29, 0.717) is 25.5 Å². The number of unbranched alkanes of at least 4 members (excludes halogenated alkanes) is 1. The Morgan fingerprint density at radius 3 is 2.35 bits per heavy atom. The Bertz CT molecular complexity index is 447. The Morgan fingerprint density at radius 1 is 1.30 bits per heavy atom. The lowest BCUT2D eigenvalue weighted by Gasteiger charge is -2.28. The third-order valence-corrected chi connectivity index (χ3v) is 3.38. The molecule has 3 N–H and O–H groups in total. The SMILES string of the molecule is COCCCCC(CN)(C(=O)O)c1cc(F)cc(F)c1. The van der Waals surface area contributed by atoms with E-state index in [-0.39, 0.29) is 18.5 Å². The van der Waals surface area contributed by atoms with Crippen molar-refractivity contribution in [1.29, 1.82) is 0 Å². The Balaban J connectivity index is 3.06. The van der Waals surface area contributed by atoms with Gasteiger partial charge in [0.1, 0.15) is 17.0 Å². The smallest absolute Gasteiger partial charge is 0.315 e. The molecule has 0 aliphatic heterocycles. The number of halogens is 2. The number of hydrogen-bond acceptors (Lipinski definition) is 3. The molecule has 0 heterocycles. The van der Waals surface area contributed by atoms with Gasteiger partial charge in [0.05, 0.1) is 0 Å². The van der Waals surface area contributed by atoms with E-state index in [1.807, 2.05) is 0 Å². The number of carboxylic acid groups (broad SMARTS) is 1. The molecule has 1 rings (SSSR count). The van der Waals surface area contributed by atoms with Gasteiger partial charge in [-0.25, -0.2) is 8.78 Å². The molecule has 0 bridgehead atoms. The molecular weight excluding hydrogens is 268 g/mol. The van der Waals surface area contributed by atoms with Gasteiger partial charge in [0.2, 0.25) is 0 Å². The summed E-state index contributed by atoms with van der Waals surface area (Å²) in [5, 5.41) is 9.46. The second-order valence-electron chi connectivity index (χ2n) is 4.70. The van der Waals surface area contributed by atoms with Crippen LogP contribution in [0.5, 0.6) is 0 Å². The van der Waals surface area contributed by atoms with Crippen LogP contribution >= 0.6 is 0 Å². The quantitative estimate of drug-likeness (QED) is 0.718. The standard InChI is InChI=1S/C14H19F2NO3/c1-20-5-3-2-4-14(9-17,13(18)19)10-6-11(15)8-12(16)7-10/h6-8H,2-5,9,17H2,1H3,(H,18,19). The van der Waals surface area contributed by atoms with Crippen molar-refractivity contribution in [3.63, 3.8) is 0 Å². The minimum Gasteiger partial charge on any atom is -0.481 e. The first-order valence-corrected chi connectivity index (χ1v) is 6.35. The van der Waals surface area contributed by atoms with Crippen molar-refractivity contribution in [1.82, 2.24) is 0 Å². The largest absolute Gasteiger partial charge is 0.481 e. The molecule has 6 heteroatoms. The van der Waals surface area contributed by atoms with Gasteiger partial charge in [-0.3, -0.25) is 4.79 Å². The van der Waals surface area contributed by atoms with Crippen LogP contribution in [0.3, 0.4) is 0 Å². The van der Waals surface area contributed by atoms with Crippen LogP contribution in [0.25, 0.3) is 0 Å². The molecule has 0 amide bonds. The Kier molecular flexibility index (Phi) is 6.04. The zero-order chi connectivity index (χ0) is 15.2. The number of carboxylic acids is 1. The van der Waals surface area contributed by atoms with Crippen molar-refractivity contribution >= 4 is 5.97 Å². The number of hydrogen-bond donors (Lipinski definition) is 2. The van der Waals surface area contributed by atoms with Crippen molar-refractivity contribution in [3.8, 4) is 0 Å². The summed E-state index contributed by atoms with van der Waals surface area (Å²) in [6.45, 7) is 0.274. The minimum absolute atomic E-state index is 0.0578. The maximum absolute atomic E-state index is 13.3. The summed E-state index contributed by atoms with van der Waals surface area (Å²) >= 11 is 0. The number of methoxy groups -OCH3 is 1. The maximum atomic E-state index is 13.3. The van der Waals surface area contributed by atoms with Gasteiger partial charge in [-0.05, 0) is 37.0 Å². The van der Waals surface area contributed by atoms with Crippen LogP contribution in [-0.4, -0.2) is 31.3 Å². The van der Waals surface area contributed by atoms with Crippen molar-refractivity contribution < 1.29 is 23.4 Å². The molecule has 1 aromatic carbocycles. The molecule has 0 aliphatic rings. The Labute approximate surface area is 116 Å². The highest BCUT2D eigenvalue weighted by Gasteiger charge is 2.39. The third-order valence-electron chi connectivity index (χ3n) is 3.38. The predicted octanol–water partition coefficient (Wildman–Crippen LogP) is 2.06. The summed E-state index contributed by atoms with van der Waals surface area (Å²) in [4.78, 5) is 11.6. The maximum Gasteiger partial charge on any atom is 0.315 e. The summed E-state index contributed by atoms with van der Waals surface area (Å²) in [6, 6.07) is 2.76. The molecule has 112 valence electrons. The van der Waals surface area contributed by atoms with Crippen molar-refractivity contribution in [3.05, 3.63) is 35.4 Å². The zero-order valence-corrected chi connectivity index (χ0v) is 11.4. The van der Waals surface area contributed by atoms with Crippen LogP contribution in [0.4, 0.5) is 8.78 Å². The highest BCUT2D eigenvalue weighted by molar-refractivity contribution is 5.81. The van der Waals surface area contributed by atoms with Crippen LogP contribution in [0.1, 0.15) is 24.8 Å². The fourth-order valence-electron chi connectivity index (χ4n) is 2.19. The van der Waals surface area contributed by atoms with E-state index in [0.717, 1.165) is 12.1 Å². The average Bonchev–Trinajstić information content (AvgIpc) is 2.37. The van der Waals surface area contributed by atoms with Gasteiger partial charge in [-0.2, -0.15) is 0 Å². The first-order chi connectivity index (χ1) is 9.46. The summed E-state index contributed by atoms with van der Waals surface area (Å²) < 4.78 is 31.5. The fourth-order valence-corrected chi connectivity index (χ4v) is 2.19. The van der Waals surface area contributed by atoms with E-state index in [4.69, 9.17) is 10.5 Å². The lowest BCUT2D eigenvalue weighted by molar-refractivity contribution is -0.143. The number of benzene rings is 1. The first-order valence-electron chi connectivity index (χ1n) is 6.35. The Hall–Kier alpha value is -1.53. The third kappa shape index (κ3) is 3.74. The number of nitrogens with two attached hydrogens (primary N) is 1. The van der Waals surface area contributed by atoms with Crippen LogP contribution in [0, 0.1) is 11.6 Å². The van der Waals surface area contributed by atoms with E-state index in [1.165, 1.54) is 0 Å². The molecular formula is C14H19F2NO3. The molecule has 0 saturated heterocycles. The van der Waals surface area contributed by atoms with Gasteiger partial charge in [0.25, 0.3) is 0 Å². The van der Waals surface area contributed by atoms with Gasteiger partial charge in [0.15, 0.2) is 0 Å². The molecule has 0 aliphatic carbocycles. The highest BCUT2D eigenvalue weighted by atomic mass is 19.1. The van der Waals surface area contributed by atoms with E-state index in [1.54, 1.807) is 7.11 Å². The van der Waals surface area contributed by atoms with E-state index in [9.17, 15) is 18.7 Å². The van der Waals surface area contributed by atoms with Crippen molar-refractivity contribution in [2.24, 2.45) is 5.73 Å². The molecule has 1 atom stereocenters. The minimum atomic E-state index is -1.48. The van der Waals surface area contributed by atoms with Gasteiger partial charge in [-0.15, -0.1) is 0 Å². The number of ether oxygens (including phenoxy) is 1. The van der Waals surface area contributed by atoms with Crippen molar-refractivity contribution in [2.45, 2.75) is 24.7 Å². The normalized spacial score (nSPS) is 14.0. The van der Waals surface area contributed by atoms with E-state index in [2.05, 4.69) is 0 Å². The lowest BCUT2D eigenvalue weighted by atomic mass is 9.76.